The van der Waals surface area contributed by atoms with Crippen LogP contribution in [-0.2, 0) is 14.3 Å². The van der Waals surface area contributed by atoms with Crippen LogP contribution in [-0.4, -0.2) is 22.6 Å². The van der Waals surface area contributed by atoms with Crippen LogP contribution in [0.25, 0.3) is 0 Å². The van der Waals surface area contributed by atoms with Gasteiger partial charge in [0.1, 0.15) is 5.60 Å². The van der Waals surface area contributed by atoms with E-state index in [4.69, 9.17) is 9.84 Å². The molecule has 0 spiro atoms. The summed E-state index contributed by atoms with van der Waals surface area (Å²) >= 11 is 0. The fraction of sp³-hybridized carbons (Fsp3) is 0.897. The first kappa shape index (κ1) is 33.1. The number of aliphatic carboxylic acids is 1. The van der Waals surface area contributed by atoms with Crippen LogP contribution in [0, 0.1) is 67.0 Å². The Bertz CT molecular complexity index is 1190. The van der Waals surface area contributed by atoms with Crippen LogP contribution >= 0.6 is 0 Å². The van der Waals surface area contributed by atoms with Crippen molar-refractivity contribution in [1.29, 1.82) is 0 Å². The zero-order valence-corrected chi connectivity index (χ0v) is 29.8. The van der Waals surface area contributed by atoms with E-state index < -0.39 is 11.6 Å². The standard InChI is InChI=1S/C36H60O2.C3H4O2/c1-28(2,3)38-27(37)22-35-20-24(30(35,6)7)15-18-34(35,12)36-21-25(31(36,8)9)14-17-33(36,11)32(10)16-13-23-19-26(32)29(23,4)5;1-2-3(4)5/h23-26H,13-22H2,1-12H3;2H,1H2,(H,4,5). The Morgan fingerprint density at radius 3 is 1.77 bits per heavy atom. The highest BCUT2D eigenvalue weighted by molar-refractivity contribution is 5.78. The Morgan fingerprint density at radius 1 is 0.814 bits per heavy atom. The Balaban J connectivity index is 0.000000682. The number of fused-ring (bicyclic) bond motifs is 7. The van der Waals surface area contributed by atoms with Crippen LogP contribution in [0.1, 0.15) is 147 Å². The molecule has 9 aliphatic carbocycles. The van der Waals surface area contributed by atoms with E-state index in [1.165, 1.54) is 57.8 Å². The van der Waals surface area contributed by atoms with Gasteiger partial charge < -0.3 is 9.84 Å². The molecular formula is C39H64O4. The molecule has 0 aromatic carbocycles. The highest BCUT2D eigenvalue weighted by Gasteiger charge is 2.86. The lowest BCUT2D eigenvalue weighted by Crippen LogP contribution is -2.83. The van der Waals surface area contributed by atoms with Crippen LogP contribution in [0.2, 0.25) is 0 Å². The number of hydrogen-bond donors (Lipinski definition) is 1. The van der Waals surface area contributed by atoms with E-state index in [0.717, 1.165) is 29.7 Å². The minimum absolute atomic E-state index is 0.0226. The Hall–Kier alpha value is -1.32. The molecule has 4 nitrogen and oxygen atoms in total. The summed E-state index contributed by atoms with van der Waals surface area (Å²) in [7, 11) is 0. The molecule has 0 radical (unpaired) electrons. The van der Waals surface area contributed by atoms with Crippen LogP contribution < -0.4 is 0 Å². The molecule has 0 saturated heterocycles. The fourth-order valence-corrected chi connectivity index (χ4v) is 14.4. The summed E-state index contributed by atoms with van der Waals surface area (Å²) in [6.07, 6.45) is 13.7. The normalized spacial score (nSPS) is 47.7. The number of hydrogen-bond acceptors (Lipinski definition) is 3. The van der Waals surface area contributed by atoms with Gasteiger partial charge in [-0.1, -0.05) is 68.9 Å². The summed E-state index contributed by atoms with van der Waals surface area (Å²) in [6, 6.07) is 0. The first-order valence-corrected chi connectivity index (χ1v) is 17.5. The highest BCUT2D eigenvalue weighted by Crippen LogP contribution is 2.92. The predicted molar refractivity (Wildman–Crippen MR) is 174 cm³/mol. The van der Waals surface area contributed by atoms with Gasteiger partial charge in [0.05, 0.1) is 6.42 Å². The van der Waals surface area contributed by atoms with Crippen molar-refractivity contribution in [3.63, 3.8) is 0 Å². The number of carboxylic acids is 1. The molecule has 0 aliphatic heterocycles. The summed E-state index contributed by atoms with van der Waals surface area (Å²) in [6.45, 7) is 32.9. The van der Waals surface area contributed by atoms with Crippen molar-refractivity contribution in [2.75, 3.05) is 0 Å². The molecule has 9 rings (SSSR count). The minimum Gasteiger partial charge on any atom is -0.478 e. The summed E-state index contributed by atoms with van der Waals surface area (Å²) in [5.74, 6) is 2.42. The van der Waals surface area contributed by atoms with Gasteiger partial charge in [-0.05, 0) is 146 Å². The third-order valence-corrected chi connectivity index (χ3v) is 17.0. The molecule has 9 atom stereocenters. The molecular weight excluding hydrogens is 532 g/mol. The summed E-state index contributed by atoms with van der Waals surface area (Å²) in [4.78, 5) is 23.0. The van der Waals surface area contributed by atoms with Crippen LogP contribution in [0.3, 0.4) is 0 Å². The first-order chi connectivity index (χ1) is 19.4. The van der Waals surface area contributed by atoms with Gasteiger partial charge in [0.25, 0.3) is 0 Å². The van der Waals surface area contributed by atoms with Gasteiger partial charge in [0.15, 0.2) is 0 Å². The topological polar surface area (TPSA) is 63.6 Å². The summed E-state index contributed by atoms with van der Waals surface area (Å²) < 4.78 is 6.10. The monoisotopic (exact) mass is 596 g/mol. The van der Waals surface area contributed by atoms with Crippen LogP contribution in [0.15, 0.2) is 12.7 Å². The van der Waals surface area contributed by atoms with Crippen molar-refractivity contribution in [3.8, 4) is 0 Å². The maximum absolute atomic E-state index is 13.7. The first-order valence-electron chi connectivity index (χ1n) is 17.5. The Morgan fingerprint density at radius 2 is 1.33 bits per heavy atom. The second-order valence-electron chi connectivity index (χ2n) is 19.5. The number of carbonyl (C=O) groups is 2. The molecule has 9 unspecified atom stereocenters. The molecule has 1 N–H and O–H groups in total. The number of rotatable bonds is 5. The predicted octanol–water partition coefficient (Wildman–Crippen LogP) is 10.1. The van der Waals surface area contributed by atoms with E-state index in [2.05, 4.69) is 68.9 Å². The van der Waals surface area contributed by atoms with Gasteiger partial charge in [0.2, 0.25) is 0 Å². The molecule has 9 aliphatic rings. The fourth-order valence-electron chi connectivity index (χ4n) is 14.4. The number of ether oxygens (including phenoxy) is 1. The second kappa shape index (κ2) is 9.37. The minimum atomic E-state index is -0.981. The maximum Gasteiger partial charge on any atom is 0.327 e. The molecule has 0 aromatic rings. The second-order valence-corrected chi connectivity index (χ2v) is 19.5. The zero-order chi connectivity index (χ0) is 32.4. The van der Waals surface area contributed by atoms with Crippen molar-refractivity contribution < 1.29 is 19.4 Å². The van der Waals surface area contributed by atoms with E-state index in [1.54, 1.807) is 0 Å². The summed E-state index contributed by atoms with van der Waals surface area (Å²) in [5.41, 5.74) is 1.62. The average Bonchev–Trinajstić information content (AvgIpc) is 2.88. The van der Waals surface area contributed by atoms with Gasteiger partial charge in [-0.25, -0.2) is 4.79 Å². The molecule has 9 fully saturated rings. The van der Waals surface area contributed by atoms with Gasteiger partial charge >= 0.3 is 11.9 Å². The SMILES string of the molecule is C=CC(=O)O.CC(C)(C)OC(=O)CC12CC(CCC1(C)C13CC(CCC1(C)C1(C)CCC4CC1C4(C)C)C3(C)C)C2(C)C. The van der Waals surface area contributed by atoms with E-state index >= 15 is 0 Å². The van der Waals surface area contributed by atoms with E-state index in [1.807, 2.05) is 20.8 Å². The molecule has 6 bridgehead atoms. The van der Waals surface area contributed by atoms with E-state index in [0.29, 0.717) is 28.1 Å². The van der Waals surface area contributed by atoms with E-state index in [9.17, 15) is 9.59 Å². The van der Waals surface area contributed by atoms with Crippen molar-refractivity contribution in [3.05, 3.63) is 12.7 Å². The molecule has 0 aromatic heterocycles. The number of carboxylic acid groups (broad SMARTS) is 1. The van der Waals surface area contributed by atoms with Crippen LogP contribution in [0.4, 0.5) is 0 Å². The van der Waals surface area contributed by atoms with Gasteiger partial charge in [-0.15, -0.1) is 0 Å². The van der Waals surface area contributed by atoms with E-state index in [-0.39, 0.29) is 27.6 Å². The molecule has 0 amide bonds. The highest BCUT2D eigenvalue weighted by atomic mass is 16.6. The summed E-state index contributed by atoms with van der Waals surface area (Å²) in [5, 5.41) is 7.60. The average molecular weight is 597 g/mol. The van der Waals surface area contributed by atoms with Crippen molar-refractivity contribution in [1.82, 2.24) is 0 Å². The largest absolute Gasteiger partial charge is 0.478 e. The molecule has 0 heterocycles. The molecule has 43 heavy (non-hydrogen) atoms. The van der Waals surface area contributed by atoms with Crippen molar-refractivity contribution in [2.24, 2.45) is 67.0 Å². The maximum atomic E-state index is 13.7. The zero-order valence-electron chi connectivity index (χ0n) is 29.8. The van der Waals surface area contributed by atoms with Gasteiger partial charge in [-0.3, -0.25) is 4.79 Å². The Kier molecular flexibility index (Phi) is 7.20. The van der Waals surface area contributed by atoms with Gasteiger partial charge in [-0.2, -0.15) is 0 Å². The molecule has 4 heteroatoms. The lowest BCUT2D eigenvalue weighted by atomic mass is 9.15. The quantitative estimate of drug-likeness (QED) is 0.253. The van der Waals surface area contributed by atoms with Crippen LogP contribution in [0.5, 0.6) is 0 Å². The van der Waals surface area contributed by atoms with Crippen molar-refractivity contribution in [2.45, 2.75) is 153 Å². The lowest BCUT2D eigenvalue weighted by molar-refractivity contribution is -0.410. The molecule has 244 valence electrons. The third-order valence-electron chi connectivity index (χ3n) is 17.0. The Labute approximate surface area is 263 Å². The van der Waals surface area contributed by atoms with Crippen molar-refractivity contribution >= 4 is 11.9 Å². The smallest absolute Gasteiger partial charge is 0.327 e. The van der Waals surface area contributed by atoms with Gasteiger partial charge in [0, 0.05) is 6.08 Å². The lowest BCUT2D eigenvalue weighted by Gasteiger charge is -2.89. The number of carbonyl (C=O) groups excluding carboxylic acids is 1. The number of esters is 1. The third kappa shape index (κ3) is 3.79. The molecule has 9 saturated carbocycles.